The highest BCUT2D eigenvalue weighted by atomic mass is 16.6. The van der Waals surface area contributed by atoms with Gasteiger partial charge in [0, 0.05) is 19.3 Å². The van der Waals surface area contributed by atoms with Gasteiger partial charge in [-0.1, -0.05) is 324 Å². The van der Waals surface area contributed by atoms with Crippen molar-refractivity contribution in [3.8, 4) is 0 Å². The topological polar surface area (TPSA) is 78.9 Å². The molecular formula is C72H126O6. The smallest absolute Gasteiger partial charge is 0.306 e. The van der Waals surface area contributed by atoms with E-state index in [1.807, 2.05) is 0 Å². The van der Waals surface area contributed by atoms with Crippen molar-refractivity contribution in [3.05, 3.63) is 85.1 Å². The summed E-state index contributed by atoms with van der Waals surface area (Å²) in [6.07, 6.45) is 87.3. The number of ether oxygens (including phenoxy) is 3. The van der Waals surface area contributed by atoms with Gasteiger partial charge in [-0.05, 0) is 77.0 Å². The first-order valence-electron chi connectivity index (χ1n) is 33.6. The lowest BCUT2D eigenvalue weighted by Gasteiger charge is -2.18. The zero-order chi connectivity index (χ0) is 56.4. The molecule has 78 heavy (non-hydrogen) atoms. The van der Waals surface area contributed by atoms with Crippen LogP contribution in [0.15, 0.2) is 85.1 Å². The average Bonchev–Trinajstić information content (AvgIpc) is 3.44. The number of carbonyl (C=O) groups excluding carboxylic acids is 3. The third kappa shape index (κ3) is 63.4. The third-order valence-corrected chi connectivity index (χ3v) is 14.7. The summed E-state index contributed by atoms with van der Waals surface area (Å²) in [4.78, 5) is 38.3. The molecule has 1 atom stereocenters. The fourth-order valence-corrected chi connectivity index (χ4v) is 9.66. The lowest BCUT2D eigenvalue weighted by Crippen LogP contribution is -2.30. The second kappa shape index (κ2) is 66.1. The molecular weight excluding hydrogens is 961 g/mol. The summed E-state index contributed by atoms with van der Waals surface area (Å²) >= 11 is 0. The number of allylic oxidation sites excluding steroid dienone is 14. The molecule has 0 heterocycles. The molecule has 0 aromatic heterocycles. The Balaban J connectivity index is 4.30. The number of hydrogen-bond donors (Lipinski definition) is 0. The highest BCUT2D eigenvalue weighted by Gasteiger charge is 2.19. The molecule has 0 radical (unpaired) electrons. The van der Waals surface area contributed by atoms with Gasteiger partial charge in [-0.3, -0.25) is 14.4 Å². The summed E-state index contributed by atoms with van der Waals surface area (Å²) in [6.45, 7) is 6.56. The Morgan fingerprint density at radius 3 is 0.782 bits per heavy atom. The Kier molecular flexibility index (Phi) is 63.2. The van der Waals surface area contributed by atoms with Crippen LogP contribution >= 0.6 is 0 Å². The predicted octanol–water partition coefficient (Wildman–Crippen LogP) is 23.1. The molecule has 0 saturated heterocycles. The third-order valence-electron chi connectivity index (χ3n) is 14.7. The van der Waals surface area contributed by atoms with E-state index in [9.17, 15) is 14.4 Å². The van der Waals surface area contributed by atoms with Crippen molar-refractivity contribution in [2.75, 3.05) is 13.2 Å². The van der Waals surface area contributed by atoms with Crippen LogP contribution in [0.1, 0.15) is 335 Å². The molecule has 0 N–H and O–H groups in total. The Hall–Kier alpha value is -3.41. The molecule has 0 aliphatic heterocycles. The van der Waals surface area contributed by atoms with Gasteiger partial charge >= 0.3 is 17.9 Å². The van der Waals surface area contributed by atoms with E-state index >= 15 is 0 Å². The Bertz CT molecular complexity index is 1480. The van der Waals surface area contributed by atoms with E-state index in [1.165, 1.54) is 186 Å². The van der Waals surface area contributed by atoms with Crippen molar-refractivity contribution < 1.29 is 28.6 Å². The number of esters is 3. The summed E-state index contributed by atoms with van der Waals surface area (Å²) in [5.41, 5.74) is 0. The largest absolute Gasteiger partial charge is 0.462 e. The van der Waals surface area contributed by atoms with Crippen LogP contribution in [0.25, 0.3) is 0 Å². The van der Waals surface area contributed by atoms with Crippen LogP contribution in [0.4, 0.5) is 0 Å². The van der Waals surface area contributed by atoms with Gasteiger partial charge in [0.1, 0.15) is 13.2 Å². The minimum Gasteiger partial charge on any atom is -0.462 e. The molecule has 0 saturated carbocycles. The average molecular weight is 1090 g/mol. The van der Waals surface area contributed by atoms with Crippen LogP contribution in [0.3, 0.4) is 0 Å². The molecule has 0 aromatic carbocycles. The maximum atomic E-state index is 12.9. The van der Waals surface area contributed by atoms with Gasteiger partial charge in [-0.2, -0.15) is 0 Å². The van der Waals surface area contributed by atoms with Crippen LogP contribution in [-0.4, -0.2) is 37.2 Å². The lowest BCUT2D eigenvalue weighted by atomic mass is 10.0. The molecule has 6 heteroatoms. The summed E-state index contributed by atoms with van der Waals surface area (Å²) in [5, 5.41) is 0. The Morgan fingerprint density at radius 2 is 0.500 bits per heavy atom. The monoisotopic (exact) mass is 1090 g/mol. The minimum absolute atomic E-state index is 0.0747. The van der Waals surface area contributed by atoms with Crippen LogP contribution < -0.4 is 0 Å². The molecule has 0 fully saturated rings. The van der Waals surface area contributed by atoms with Crippen molar-refractivity contribution in [1.82, 2.24) is 0 Å². The van der Waals surface area contributed by atoms with Gasteiger partial charge in [-0.25, -0.2) is 0 Å². The molecule has 0 bridgehead atoms. The highest BCUT2D eigenvalue weighted by Crippen LogP contribution is 2.17. The molecule has 0 amide bonds. The molecule has 1 unspecified atom stereocenters. The zero-order valence-electron chi connectivity index (χ0n) is 51.7. The van der Waals surface area contributed by atoms with E-state index < -0.39 is 6.10 Å². The molecule has 0 rings (SSSR count). The standard InChI is InChI=1S/C72H126O6/c1-4-7-10-13-16-19-22-25-27-29-31-32-33-34-35-36-37-38-39-40-41-43-44-47-50-53-56-59-62-65-71(74)77-68-69(67-76-70(73)64-61-58-55-52-49-46-24-21-18-15-12-9-6-3)78-72(75)66-63-60-57-54-51-48-45-42-30-28-26-23-20-17-14-11-8-5-2/h7,10,16,19,25,27,31-32,34-35,37-38,40-41,69H,4-6,8-9,11-15,17-18,20-24,26,28-30,33,36,39,42-68H2,1-3H3/b10-7-,19-16-,27-25-,32-31-,35-34-,38-37-,41-40-. The van der Waals surface area contributed by atoms with Gasteiger partial charge in [0.15, 0.2) is 6.10 Å². The van der Waals surface area contributed by atoms with Gasteiger partial charge in [0.05, 0.1) is 0 Å². The zero-order valence-corrected chi connectivity index (χ0v) is 51.7. The second-order valence-electron chi connectivity index (χ2n) is 22.4. The summed E-state index contributed by atoms with van der Waals surface area (Å²) in [6, 6.07) is 0. The van der Waals surface area contributed by atoms with Crippen molar-refractivity contribution in [3.63, 3.8) is 0 Å². The predicted molar refractivity (Wildman–Crippen MR) is 339 cm³/mol. The molecule has 0 aromatic rings. The molecule has 6 nitrogen and oxygen atoms in total. The van der Waals surface area contributed by atoms with E-state index in [4.69, 9.17) is 14.2 Å². The number of hydrogen-bond acceptors (Lipinski definition) is 6. The van der Waals surface area contributed by atoms with E-state index in [-0.39, 0.29) is 31.1 Å². The maximum absolute atomic E-state index is 12.9. The summed E-state index contributed by atoms with van der Waals surface area (Å²) < 4.78 is 17.0. The number of unbranched alkanes of at least 4 members (excludes halogenated alkanes) is 36. The number of rotatable bonds is 61. The first-order chi connectivity index (χ1) is 38.5. The van der Waals surface area contributed by atoms with Gasteiger partial charge < -0.3 is 14.2 Å². The van der Waals surface area contributed by atoms with Crippen LogP contribution in [-0.2, 0) is 28.6 Å². The SMILES string of the molecule is CC/C=C\C/C=C\C/C=C\C/C=C\C/C=C\C/C=C\C/C=C\CCCCCCCCCC(=O)OCC(COC(=O)CCCCCCCCCCCCCCC)OC(=O)CCCCCCCCCCCCCCCCCCCC. The van der Waals surface area contributed by atoms with Gasteiger partial charge in [0.25, 0.3) is 0 Å². The van der Waals surface area contributed by atoms with Crippen molar-refractivity contribution in [2.45, 2.75) is 341 Å². The maximum Gasteiger partial charge on any atom is 0.306 e. The Morgan fingerprint density at radius 1 is 0.269 bits per heavy atom. The fourth-order valence-electron chi connectivity index (χ4n) is 9.66. The van der Waals surface area contributed by atoms with Gasteiger partial charge in [-0.15, -0.1) is 0 Å². The van der Waals surface area contributed by atoms with Crippen LogP contribution in [0.5, 0.6) is 0 Å². The van der Waals surface area contributed by atoms with E-state index in [0.29, 0.717) is 19.3 Å². The quantitative estimate of drug-likeness (QED) is 0.0261. The number of carbonyl (C=O) groups is 3. The highest BCUT2D eigenvalue weighted by molar-refractivity contribution is 5.71. The minimum atomic E-state index is -0.779. The fraction of sp³-hybridized carbons (Fsp3) is 0.764. The van der Waals surface area contributed by atoms with Crippen molar-refractivity contribution >= 4 is 17.9 Å². The molecule has 0 aliphatic rings. The normalized spacial score (nSPS) is 12.6. The second-order valence-corrected chi connectivity index (χ2v) is 22.4. The van der Waals surface area contributed by atoms with E-state index in [1.54, 1.807) is 0 Å². The lowest BCUT2D eigenvalue weighted by molar-refractivity contribution is -0.167. The van der Waals surface area contributed by atoms with Gasteiger partial charge in [0.2, 0.25) is 0 Å². The molecule has 450 valence electrons. The van der Waals surface area contributed by atoms with Crippen LogP contribution in [0.2, 0.25) is 0 Å². The van der Waals surface area contributed by atoms with E-state index in [0.717, 1.165) is 109 Å². The van der Waals surface area contributed by atoms with Crippen molar-refractivity contribution in [1.29, 1.82) is 0 Å². The van der Waals surface area contributed by atoms with E-state index in [2.05, 4.69) is 106 Å². The summed E-state index contributed by atoms with van der Waals surface area (Å²) in [5.74, 6) is -0.868. The molecule has 0 spiro atoms. The first kappa shape index (κ1) is 74.6. The molecule has 0 aliphatic carbocycles. The van der Waals surface area contributed by atoms with Crippen molar-refractivity contribution in [2.24, 2.45) is 0 Å². The van der Waals surface area contributed by atoms with Crippen LogP contribution in [0, 0.1) is 0 Å². The first-order valence-corrected chi connectivity index (χ1v) is 33.6. The Labute approximate surface area is 484 Å². The summed E-state index contributed by atoms with van der Waals surface area (Å²) in [7, 11) is 0.